The van der Waals surface area contributed by atoms with Gasteiger partial charge in [0.25, 0.3) is 0 Å². The van der Waals surface area contributed by atoms with Gasteiger partial charge < -0.3 is 14.7 Å². The molecule has 3 nitrogen and oxygen atoms in total. The Labute approximate surface area is 77.6 Å². The highest BCUT2D eigenvalue weighted by Gasteiger charge is 2.15. The van der Waals surface area contributed by atoms with Crippen LogP contribution in [0.2, 0.25) is 0 Å². The Kier molecular flexibility index (Phi) is 2.10. The summed E-state index contributed by atoms with van der Waals surface area (Å²) in [7, 11) is 0. The average molecular weight is 179 g/mol. The van der Waals surface area contributed by atoms with Crippen molar-refractivity contribution in [1.29, 1.82) is 0 Å². The molecule has 1 heterocycles. The molecule has 1 fully saturated rings. The first-order valence-electron chi connectivity index (χ1n) is 4.40. The molecule has 0 saturated carbocycles. The van der Waals surface area contributed by atoms with E-state index in [4.69, 9.17) is 4.74 Å². The van der Waals surface area contributed by atoms with Gasteiger partial charge in [-0.2, -0.15) is 0 Å². The van der Waals surface area contributed by atoms with E-state index in [1.165, 1.54) is 0 Å². The first-order chi connectivity index (χ1) is 6.27. The van der Waals surface area contributed by atoms with Crippen molar-refractivity contribution < 1.29 is 9.84 Å². The van der Waals surface area contributed by atoms with Crippen molar-refractivity contribution in [1.82, 2.24) is 0 Å². The van der Waals surface area contributed by atoms with Crippen molar-refractivity contribution in [3.8, 4) is 5.75 Å². The van der Waals surface area contributed by atoms with E-state index in [9.17, 15) is 5.11 Å². The van der Waals surface area contributed by atoms with Gasteiger partial charge in [-0.1, -0.05) is 6.07 Å². The van der Waals surface area contributed by atoms with Crippen molar-refractivity contribution >= 4 is 5.69 Å². The SMILES string of the molecule is Cc1ccc(N2CCOC2)c(O)c1. The molecule has 0 bridgehead atoms. The lowest BCUT2D eigenvalue weighted by Crippen LogP contribution is -2.18. The van der Waals surface area contributed by atoms with Crippen LogP contribution in [-0.4, -0.2) is 25.0 Å². The van der Waals surface area contributed by atoms with Crippen LogP contribution in [0, 0.1) is 6.92 Å². The third-order valence-electron chi connectivity index (χ3n) is 2.22. The summed E-state index contributed by atoms with van der Waals surface area (Å²) in [5, 5.41) is 9.65. The van der Waals surface area contributed by atoms with Crippen LogP contribution in [-0.2, 0) is 4.74 Å². The van der Waals surface area contributed by atoms with Gasteiger partial charge in [-0.05, 0) is 24.6 Å². The summed E-state index contributed by atoms with van der Waals surface area (Å²) >= 11 is 0. The zero-order valence-corrected chi connectivity index (χ0v) is 7.66. The summed E-state index contributed by atoms with van der Waals surface area (Å²) < 4.78 is 5.21. The lowest BCUT2D eigenvalue weighted by atomic mass is 10.2. The fourth-order valence-corrected chi connectivity index (χ4v) is 1.50. The van der Waals surface area contributed by atoms with Crippen molar-refractivity contribution in [3.63, 3.8) is 0 Å². The van der Waals surface area contributed by atoms with Crippen molar-refractivity contribution in [2.24, 2.45) is 0 Å². The number of aryl methyl sites for hydroxylation is 1. The van der Waals surface area contributed by atoms with Crippen LogP contribution < -0.4 is 4.90 Å². The van der Waals surface area contributed by atoms with Gasteiger partial charge >= 0.3 is 0 Å². The normalized spacial score (nSPS) is 16.5. The fraction of sp³-hybridized carbons (Fsp3) is 0.400. The Bertz CT molecular complexity index is 306. The smallest absolute Gasteiger partial charge is 0.139 e. The zero-order valence-electron chi connectivity index (χ0n) is 7.66. The number of hydrogen-bond acceptors (Lipinski definition) is 3. The molecule has 2 rings (SSSR count). The number of hydrogen-bond donors (Lipinski definition) is 1. The second-order valence-corrected chi connectivity index (χ2v) is 3.29. The number of benzene rings is 1. The van der Waals surface area contributed by atoms with E-state index < -0.39 is 0 Å². The Hall–Kier alpha value is -1.22. The van der Waals surface area contributed by atoms with Crippen LogP contribution in [0.3, 0.4) is 0 Å². The lowest BCUT2D eigenvalue weighted by Gasteiger charge is -2.17. The van der Waals surface area contributed by atoms with Gasteiger partial charge in [-0.25, -0.2) is 0 Å². The van der Waals surface area contributed by atoms with Crippen LogP contribution >= 0.6 is 0 Å². The van der Waals surface area contributed by atoms with Crippen LogP contribution in [0.5, 0.6) is 5.75 Å². The summed E-state index contributed by atoms with van der Waals surface area (Å²) in [5.41, 5.74) is 1.93. The molecule has 0 spiro atoms. The van der Waals surface area contributed by atoms with Crippen LogP contribution in [0.25, 0.3) is 0 Å². The minimum Gasteiger partial charge on any atom is -0.506 e. The van der Waals surface area contributed by atoms with Gasteiger partial charge in [-0.15, -0.1) is 0 Å². The van der Waals surface area contributed by atoms with E-state index in [0.29, 0.717) is 12.5 Å². The van der Waals surface area contributed by atoms with E-state index in [1.807, 2.05) is 24.0 Å². The largest absolute Gasteiger partial charge is 0.506 e. The standard InChI is InChI=1S/C10H13NO2/c1-8-2-3-9(10(12)6-8)11-4-5-13-7-11/h2-3,6,12H,4-5,7H2,1H3. The van der Waals surface area contributed by atoms with Crippen LogP contribution in [0.1, 0.15) is 5.56 Å². The lowest BCUT2D eigenvalue weighted by molar-refractivity contribution is 0.201. The zero-order chi connectivity index (χ0) is 9.26. The predicted octanol–water partition coefficient (Wildman–Crippen LogP) is 1.49. The molecular weight excluding hydrogens is 166 g/mol. The average Bonchev–Trinajstić information content (AvgIpc) is 2.56. The fourth-order valence-electron chi connectivity index (χ4n) is 1.50. The number of nitrogens with zero attached hydrogens (tertiary/aromatic N) is 1. The van der Waals surface area contributed by atoms with E-state index in [0.717, 1.165) is 24.4 Å². The van der Waals surface area contributed by atoms with Crippen molar-refractivity contribution in [3.05, 3.63) is 23.8 Å². The van der Waals surface area contributed by atoms with E-state index >= 15 is 0 Å². The van der Waals surface area contributed by atoms with Crippen LogP contribution in [0.4, 0.5) is 5.69 Å². The maximum absolute atomic E-state index is 9.65. The Balaban J connectivity index is 2.29. The van der Waals surface area contributed by atoms with E-state index in [-0.39, 0.29) is 0 Å². The molecule has 1 N–H and O–H groups in total. The Morgan fingerprint density at radius 1 is 1.46 bits per heavy atom. The van der Waals surface area contributed by atoms with E-state index in [1.54, 1.807) is 6.07 Å². The number of anilines is 1. The van der Waals surface area contributed by atoms with Gasteiger partial charge in [0, 0.05) is 6.54 Å². The predicted molar refractivity (Wildman–Crippen MR) is 51.0 cm³/mol. The van der Waals surface area contributed by atoms with Crippen molar-refractivity contribution in [2.45, 2.75) is 6.92 Å². The molecule has 0 aromatic heterocycles. The van der Waals surface area contributed by atoms with E-state index in [2.05, 4.69) is 0 Å². The maximum Gasteiger partial charge on any atom is 0.139 e. The highest BCUT2D eigenvalue weighted by molar-refractivity contribution is 5.58. The second-order valence-electron chi connectivity index (χ2n) is 3.29. The molecule has 0 amide bonds. The number of phenols is 1. The topological polar surface area (TPSA) is 32.7 Å². The summed E-state index contributed by atoms with van der Waals surface area (Å²) in [5.74, 6) is 0.338. The second kappa shape index (κ2) is 3.26. The molecule has 70 valence electrons. The minimum atomic E-state index is 0.338. The highest BCUT2D eigenvalue weighted by atomic mass is 16.5. The third kappa shape index (κ3) is 1.60. The number of phenolic OH excluding ortho intramolecular Hbond substituents is 1. The number of rotatable bonds is 1. The first kappa shape index (κ1) is 8.38. The van der Waals surface area contributed by atoms with Gasteiger partial charge in [0.1, 0.15) is 12.5 Å². The molecule has 1 aliphatic rings. The molecule has 0 atom stereocenters. The molecule has 1 aromatic carbocycles. The van der Waals surface area contributed by atoms with Gasteiger partial charge in [0.2, 0.25) is 0 Å². The summed E-state index contributed by atoms with van der Waals surface area (Å²) in [4.78, 5) is 2.02. The molecule has 1 aromatic rings. The summed E-state index contributed by atoms with van der Waals surface area (Å²) in [6.45, 7) is 4.14. The van der Waals surface area contributed by atoms with Gasteiger partial charge in [0.15, 0.2) is 0 Å². The maximum atomic E-state index is 9.65. The minimum absolute atomic E-state index is 0.338. The first-order valence-corrected chi connectivity index (χ1v) is 4.40. The van der Waals surface area contributed by atoms with Gasteiger partial charge in [0.05, 0.1) is 12.3 Å². The Morgan fingerprint density at radius 2 is 2.31 bits per heavy atom. The molecule has 0 aliphatic carbocycles. The summed E-state index contributed by atoms with van der Waals surface area (Å²) in [6, 6.07) is 5.69. The highest BCUT2D eigenvalue weighted by Crippen LogP contribution is 2.28. The molecule has 1 saturated heterocycles. The number of ether oxygens (including phenoxy) is 1. The Morgan fingerprint density at radius 3 is 2.92 bits per heavy atom. The monoisotopic (exact) mass is 179 g/mol. The quantitative estimate of drug-likeness (QED) is 0.709. The van der Waals surface area contributed by atoms with Crippen molar-refractivity contribution in [2.75, 3.05) is 24.8 Å². The molecular formula is C10H13NO2. The molecule has 3 heteroatoms. The van der Waals surface area contributed by atoms with Gasteiger partial charge in [-0.3, -0.25) is 0 Å². The molecule has 0 radical (unpaired) electrons. The molecule has 1 aliphatic heterocycles. The summed E-state index contributed by atoms with van der Waals surface area (Å²) in [6.07, 6.45) is 0. The number of aromatic hydroxyl groups is 1. The van der Waals surface area contributed by atoms with Crippen LogP contribution in [0.15, 0.2) is 18.2 Å². The molecule has 0 unspecified atom stereocenters. The third-order valence-corrected chi connectivity index (χ3v) is 2.22. The molecule has 13 heavy (non-hydrogen) atoms.